The summed E-state index contributed by atoms with van der Waals surface area (Å²) in [5, 5.41) is 3.30. The highest BCUT2D eigenvalue weighted by Gasteiger charge is 2.30. The highest BCUT2D eigenvalue weighted by Crippen LogP contribution is 2.18. The van der Waals surface area contributed by atoms with Gasteiger partial charge < -0.3 is 15.1 Å². The van der Waals surface area contributed by atoms with Gasteiger partial charge in [0.1, 0.15) is 5.82 Å². The Morgan fingerprint density at radius 2 is 2.14 bits per heavy atom. The lowest BCUT2D eigenvalue weighted by molar-refractivity contribution is -0.133. The molecule has 156 valence electrons. The summed E-state index contributed by atoms with van der Waals surface area (Å²) in [6.45, 7) is 5.95. The molecule has 2 rings (SSSR count). The molecule has 1 unspecified atom stereocenters. The molecule has 6 nitrogen and oxygen atoms in total. The molecule has 1 amide bonds. The lowest BCUT2D eigenvalue weighted by Gasteiger charge is -2.26. The fraction of sp³-hybridized carbons (Fsp3) is 0.619. The Morgan fingerprint density at radius 1 is 1.36 bits per heavy atom. The Balaban J connectivity index is 1.87. The van der Waals surface area contributed by atoms with Crippen LogP contribution in [0.5, 0.6) is 0 Å². The summed E-state index contributed by atoms with van der Waals surface area (Å²) in [4.78, 5) is 23.0. The van der Waals surface area contributed by atoms with Crippen LogP contribution in [0.25, 0.3) is 0 Å². The summed E-state index contributed by atoms with van der Waals surface area (Å²) in [6.07, 6.45) is 2.92. The number of hydrogen-bond acceptors (Lipinski definition) is 3. The normalized spacial score (nSPS) is 17.6. The Labute approximate surface area is 168 Å². The van der Waals surface area contributed by atoms with Gasteiger partial charge in [0.25, 0.3) is 0 Å². The van der Waals surface area contributed by atoms with Crippen molar-refractivity contribution in [3.05, 3.63) is 35.6 Å². The highest BCUT2D eigenvalue weighted by atomic mass is 19.1. The molecule has 1 aromatic carbocycles. The summed E-state index contributed by atoms with van der Waals surface area (Å²) in [5.41, 5.74) is 0.912. The van der Waals surface area contributed by atoms with Crippen LogP contribution in [0.15, 0.2) is 29.3 Å². The van der Waals surface area contributed by atoms with Crippen molar-refractivity contribution in [2.75, 3.05) is 47.3 Å². The Bertz CT molecular complexity index is 664. The van der Waals surface area contributed by atoms with Gasteiger partial charge in [0, 0.05) is 47.3 Å². The van der Waals surface area contributed by atoms with Crippen LogP contribution in [-0.4, -0.2) is 79.9 Å². The van der Waals surface area contributed by atoms with Crippen molar-refractivity contribution in [1.29, 1.82) is 0 Å². The number of carbonyl (C=O) groups is 1. The van der Waals surface area contributed by atoms with Crippen LogP contribution in [0, 0.1) is 5.82 Å². The summed E-state index contributed by atoms with van der Waals surface area (Å²) < 4.78 is 13.4. The number of amides is 1. The Hall–Kier alpha value is -2.15. The second-order valence-corrected chi connectivity index (χ2v) is 7.50. The van der Waals surface area contributed by atoms with Crippen molar-refractivity contribution in [1.82, 2.24) is 20.0 Å². The van der Waals surface area contributed by atoms with Gasteiger partial charge in [0.15, 0.2) is 5.96 Å². The van der Waals surface area contributed by atoms with Crippen LogP contribution in [0.2, 0.25) is 0 Å². The quantitative estimate of drug-likeness (QED) is 0.419. The van der Waals surface area contributed by atoms with Crippen LogP contribution in [0.3, 0.4) is 0 Å². The van der Waals surface area contributed by atoms with Gasteiger partial charge in [-0.1, -0.05) is 12.1 Å². The van der Waals surface area contributed by atoms with Crippen molar-refractivity contribution in [2.45, 2.75) is 38.8 Å². The van der Waals surface area contributed by atoms with E-state index in [9.17, 15) is 9.18 Å². The van der Waals surface area contributed by atoms with E-state index in [0.717, 1.165) is 50.4 Å². The average Bonchev–Trinajstić information content (AvgIpc) is 3.11. The molecule has 1 heterocycles. The average molecular weight is 392 g/mol. The van der Waals surface area contributed by atoms with E-state index in [0.29, 0.717) is 13.1 Å². The van der Waals surface area contributed by atoms with Crippen LogP contribution in [-0.2, 0) is 11.3 Å². The van der Waals surface area contributed by atoms with Gasteiger partial charge in [-0.15, -0.1) is 0 Å². The molecule has 1 aliphatic heterocycles. The van der Waals surface area contributed by atoms with E-state index in [1.807, 2.05) is 39.0 Å². The first-order valence-electron chi connectivity index (χ1n) is 10.1. The van der Waals surface area contributed by atoms with Crippen LogP contribution >= 0.6 is 0 Å². The first kappa shape index (κ1) is 22.1. The van der Waals surface area contributed by atoms with Gasteiger partial charge in [-0.3, -0.25) is 14.7 Å². The number of benzene rings is 1. The number of carbonyl (C=O) groups excluding carboxylic acids is 1. The minimum absolute atomic E-state index is 0.0165. The summed E-state index contributed by atoms with van der Waals surface area (Å²) in [7, 11) is 5.60. The third-order valence-corrected chi connectivity index (χ3v) is 4.96. The van der Waals surface area contributed by atoms with Crippen molar-refractivity contribution in [2.24, 2.45) is 4.99 Å². The number of halogens is 1. The molecule has 0 spiro atoms. The maximum absolute atomic E-state index is 13.4. The SMILES string of the molecule is CCNC(=NCCCN1CCCC1C(=O)N(C)C)N(C)Cc1cccc(F)c1. The molecule has 1 aromatic rings. The molecule has 1 saturated heterocycles. The fourth-order valence-electron chi connectivity index (χ4n) is 3.58. The summed E-state index contributed by atoms with van der Waals surface area (Å²) in [5.74, 6) is 0.790. The molecule has 1 N–H and O–H groups in total. The maximum atomic E-state index is 13.4. The largest absolute Gasteiger partial charge is 0.357 e. The number of hydrogen-bond donors (Lipinski definition) is 1. The molecular formula is C21H34FN5O. The summed E-state index contributed by atoms with van der Waals surface area (Å²) in [6, 6.07) is 6.66. The van der Waals surface area contributed by atoms with E-state index in [2.05, 4.69) is 10.2 Å². The smallest absolute Gasteiger partial charge is 0.239 e. The van der Waals surface area contributed by atoms with E-state index in [4.69, 9.17) is 4.99 Å². The van der Waals surface area contributed by atoms with E-state index >= 15 is 0 Å². The van der Waals surface area contributed by atoms with Gasteiger partial charge in [-0.2, -0.15) is 0 Å². The number of rotatable bonds is 8. The zero-order chi connectivity index (χ0) is 20.5. The molecular weight excluding hydrogens is 357 g/mol. The predicted octanol–water partition coefficient (Wildman–Crippen LogP) is 2.17. The monoisotopic (exact) mass is 391 g/mol. The minimum Gasteiger partial charge on any atom is -0.357 e. The second-order valence-electron chi connectivity index (χ2n) is 7.50. The maximum Gasteiger partial charge on any atom is 0.239 e. The van der Waals surface area contributed by atoms with Crippen LogP contribution < -0.4 is 5.32 Å². The third kappa shape index (κ3) is 6.48. The van der Waals surface area contributed by atoms with Crippen LogP contribution in [0.4, 0.5) is 4.39 Å². The molecule has 1 aliphatic rings. The van der Waals surface area contributed by atoms with E-state index < -0.39 is 0 Å². The number of likely N-dealkylation sites (tertiary alicyclic amines) is 1. The standard InChI is InChI=1S/C21H34FN5O/c1-5-23-21(26(4)16-17-9-6-10-18(22)15-17)24-12-8-14-27-13-7-11-19(27)20(28)25(2)3/h6,9-10,15,19H,5,7-8,11-14,16H2,1-4H3,(H,23,24). The van der Waals surface area contributed by atoms with Crippen molar-refractivity contribution in [3.8, 4) is 0 Å². The van der Waals surface area contributed by atoms with Gasteiger partial charge >= 0.3 is 0 Å². The third-order valence-electron chi connectivity index (χ3n) is 4.96. The lowest BCUT2D eigenvalue weighted by atomic mass is 10.2. The van der Waals surface area contributed by atoms with Crippen molar-refractivity contribution >= 4 is 11.9 Å². The molecule has 0 saturated carbocycles. The fourth-order valence-corrected chi connectivity index (χ4v) is 3.58. The number of nitrogens with zero attached hydrogens (tertiary/aromatic N) is 4. The number of nitrogens with one attached hydrogen (secondary N) is 1. The topological polar surface area (TPSA) is 51.2 Å². The van der Waals surface area contributed by atoms with Crippen molar-refractivity contribution < 1.29 is 9.18 Å². The lowest BCUT2D eigenvalue weighted by Crippen LogP contribution is -2.43. The molecule has 1 atom stereocenters. The zero-order valence-electron chi connectivity index (χ0n) is 17.6. The number of guanidine groups is 1. The highest BCUT2D eigenvalue weighted by molar-refractivity contribution is 5.81. The molecule has 0 radical (unpaired) electrons. The summed E-state index contributed by atoms with van der Waals surface area (Å²) >= 11 is 0. The predicted molar refractivity (Wildman–Crippen MR) is 112 cm³/mol. The van der Waals surface area contributed by atoms with E-state index in [1.165, 1.54) is 6.07 Å². The van der Waals surface area contributed by atoms with Gasteiger partial charge in [-0.05, 0) is 50.4 Å². The van der Waals surface area contributed by atoms with E-state index in [1.54, 1.807) is 17.0 Å². The zero-order valence-corrected chi connectivity index (χ0v) is 17.6. The van der Waals surface area contributed by atoms with Gasteiger partial charge in [0.05, 0.1) is 6.04 Å². The molecule has 1 fully saturated rings. The molecule has 7 heteroatoms. The first-order chi connectivity index (χ1) is 13.4. The Morgan fingerprint density at radius 3 is 2.82 bits per heavy atom. The molecule has 0 bridgehead atoms. The van der Waals surface area contributed by atoms with Crippen LogP contribution in [0.1, 0.15) is 31.7 Å². The number of likely N-dealkylation sites (N-methyl/N-ethyl adjacent to an activating group) is 1. The Kier molecular flexibility index (Phi) is 8.70. The first-order valence-corrected chi connectivity index (χ1v) is 10.1. The van der Waals surface area contributed by atoms with Gasteiger partial charge in [-0.25, -0.2) is 4.39 Å². The molecule has 28 heavy (non-hydrogen) atoms. The molecule has 0 aromatic heterocycles. The number of aliphatic imine (C=N–C) groups is 1. The van der Waals surface area contributed by atoms with E-state index in [-0.39, 0.29) is 17.8 Å². The minimum atomic E-state index is -0.222. The van der Waals surface area contributed by atoms with Gasteiger partial charge in [0.2, 0.25) is 5.91 Å². The second kappa shape index (κ2) is 11.0. The van der Waals surface area contributed by atoms with Crippen molar-refractivity contribution in [3.63, 3.8) is 0 Å². The molecule has 0 aliphatic carbocycles.